The van der Waals surface area contributed by atoms with Gasteiger partial charge in [0.25, 0.3) is 0 Å². The van der Waals surface area contributed by atoms with Crippen LogP contribution in [0.15, 0.2) is 42.2 Å². The molecule has 0 radical (unpaired) electrons. The van der Waals surface area contributed by atoms with Gasteiger partial charge >= 0.3 is 0 Å². The van der Waals surface area contributed by atoms with Crippen molar-refractivity contribution in [2.75, 3.05) is 0 Å². The zero-order valence-electron chi connectivity index (χ0n) is 11.8. The molecule has 0 saturated carbocycles. The molecule has 2 rings (SSSR count). The first-order chi connectivity index (χ1) is 9.25. The number of benzene rings is 2. The summed E-state index contributed by atoms with van der Waals surface area (Å²) in [6.45, 7) is 8.31. The fourth-order valence-electron chi connectivity index (χ4n) is 1.49. The summed E-state index contributed by atoms with van der Waals surface area (Å²) < 4.78 is 4.43. The summed E-state index contributed by atoms with van der Waals surface area (Å²) in [5.41, 5.74) is 5.05. The Morgan fingerprint density at radius 3 is 0.900 bits per heavy atom. The molecule has 0 nitrogen and oxygen atoms in total. The van der Waals surface area contributed by atoms with Crippen LogP contribution < -0.4 is 0 Å². The first-order valence-corrected chi connectivity index (χ1v) is 9.25. The largest absolute Gasteiger partial charge is 0.0591 e. The molecule has 0 N–H and O–H groups in total. The highest BCUT2D eigenvalue weighted by Crippen LogP contribution is 2.40. The second kappa shape index (κ2) is 8.11. The van der Waals surface area contributed by atoms with Crippen LogP contribution in [0.1, 0.15) is 22.3 Å². The molecule has 108 valence electrons. The lowest BCUT2D eigenvalue weighted by Crippen LogP contribution is -1.87. The highest BCUT2D eigenvalue weighted by molar-refractivity contribution is 9.14. The molecule has 2 aromatic carbocycles. The molecule has 0 amide bonds. The smallest absolute Gasteiger partial charge is 0.0361 e. The van der Waals surface area contributed by atoms with Gasteiger partial charge in [0.15, 0.2) is 0 Å². The Morgan fingerprint density at radius 2 is 0.700 bits per heavy atom. The van der Waals surface area contributed by atoms with Crippen LogP contribution in [0.4, 0.5) is 0 Å². The molecule has 0 saturated heterocycles. The number of aryl methyl sites for hydroxylation is 2. The maximum atomic E-state index is 3.52. The van der Waals surface area contributed by atoms with Crippen LogP contribution in [0.25, 0.3) is 0 Å². The van der Waals surface area contributed by atoms with Crippen LogP contribution in [0.2, 0.25) is 0 Å². The van der Waals surface area contributed by atoms with Gasteiger partial charge in [-0.2, -0.15) is 0 Å². The predicted molar refractivity (Wildman–Crippen MR) is 103 cm³/mol. The number of hydrogen-bond acceptors (Lipinski definition) is 0. The van der Waals surface area contributed by atoms with Crippen molar-refractivity contribution in [1.29, 1.82) is 0 Å². The molecule has 0 heterocycles. The van der Waals surface area contributed by atoms with Crippen molar-refractivity contribution in [3.05, 3.63) is 64.4 Å². The van der Waals surface area contributed by atoms with Crippen molar-refractivity contribution in [2.45, 2.75) is 27.7 Å². The van der Waals surface area contributed by atoms with Gasteiger partial charge in [-0.25, -0.2) is 0 Å². The molecular weight excluding hydrogens is 512 g/mol. The lowest BCUT2D eigenvalue weighted by atomic mass is 10.2. The standard InChI is InChI=1S/C8H6Br4.C8H10/c1-3-5(9)7(11)4(2)8(12)6(3)10;1-7-3-5-8(2)6-4-7/h1-2H3;3-6H,1-2H3. The van der Waals surface area contributed by atoms with E-state index in [-0.39, 0.29) is 0 Å². The van der Waals surface area contributed by atoms with Gasteiger partial charge in [-0.3, -0.25) is 0 Å². The molecule has 0 unspecified atom stereocenters. The summed E-state index contributed by atoms with van der Waals surface area (Å²) in [6, 6.07) is 8.48. The summed E-state index contributed by atoms with van der Waals surface area (Å²) in [4.78, 5) is 0. The molecule has 0 aromatic heterocycles. The van der Waals surface area contributed by atoms with E-state index in [1.165, 1.54) is 22.3 Å². The van der Waals surface area contributed by atoms with Crippen LogP contribution in [0.5, 0.6) is 0 Å². The van der Waals surface area contributed by atoms with E-state index in [1.807, 2.05) is 0 Å². The van der Waals surface area contributed by atoms with Gasteiger partial charge in [0.1, 0.15) is 0 Å². The number of halogens is 4. The molecule has 0 spiro atoms. The second-order valence-electron chi connectivity index (χ2n) is 4.66. The van der Waals surface area contributed by atoms with Crippen LogP contribution in [-0.4, -0.2) is 0 Å². The van der Waals surface area contributed by atoms with Crippen molar-refractivity contribution >= 4 is 63.7 Å². The Bertz CT molecular complexity index is 475. The number of rotatable bonds is 0. The molecule has 20 heavy (non-hydrogen) atoms. The van der Waals surface area contributed by atoms with E-state index in [9.17, 15) is 0 Å². The highest BCUT2D eigenvalue weighted by atomic mass is 79.9. The van der Waals surface area contributed by atoms with E-state index < -0.39 is 0 Å². The van der Waals surface area contributed by atoms with Gasteiger partial charge in [-0.15, -0.1) is 0 Å². The van der Waals surface area contributed by atoms with Gasteiger partial charge in [0.05, 0.1) is 0 Å². The molecule has 0 aliphatic heterocycles. The predicted octanol–water partition coefficient (Wildman–Crippen LogP) is 7.66. The van der Waals surface area contributed by atoms with E-state index in [1.54, 1.807) is 0 Å². The molecule has 0 aliphatic rings. The third kappa shape index (κ3) is 4.69. The molecule has 0 atom stereocenters. The zero-order valence-corrected chi connectivity index (χ0v) is 18.2. The molecule has 0 aliphatic carbocycles. The molecular formula is C16H16Br4. The van der Waals surface area contributed by atoms with E-state index in [0.29, 0.717) is 0 Å². The van der Waals surface area contributed by atoms with Crippen molar-refractivity contribution in [2.24, 2.45) is 0 Å². The lowest BCUT2D eigenvalue weighted by molar-refractivity contribution is 1.28. The van der Waals surface area contributed by atoms with E-state index >= 15 is 0 Å². The minimum absolute atomic E-state index is 1.11. The van der Waals surface area contributed by atoms with E-state index in [2.05, 4.69) is 116 Å². The maximum absolute atomic E-state index is 3.52. The van der Waals surface area contributed by atoms with Crippen molar-refractivity contribution in [3.8, 4) is 0 Å². The summed E-state index contributed by atoms with van der Waals surface area (Å²) in [7, 11) is 0. The minimum atomic E-state index is 1.11. The van der Waals surface area contributed by atoms with E-state index in [4.69, 9.17) is 0 Å². The zero-order chi connectivity index (χ0) is 15.4. The summed E-state index contributed by atoms with van der Waals surface area (Å²) in [5, 5.41) is 0. The Labute approximate surface area is 154 Å². The monoisotopic (exact) mass is 524 g/mol. The normalized spacial score (nSPS) is 10.0. The molecule has 0 fully saturated rings. The van der Waals surface area contributed by atoms with Gasteiger partial charge in [0, 0.05) is 17.9 Å². The van der Waals surface area contributed by atoms with Gasteiger partial charge in [-0.1, -0.05) is 35.4 Å². The minimum Gasteiger partial charge on any atom is -0.0591 e. The SMILES string of the molecule is Cc1c(Br)c(Br)c(C)c(Br)c1Br.Cc1ccc(C)cc1. The number of hydrogen-bond donors (Lipinski definition) is 0. The lowest BCUT2D eigenvalue weighted by Gasteiger charge is -2.10. The van der Waals surface area contributed by atoms with Gasteiger partial charge in [-0.05, 0) is 103 Å². The highest BCUT2D eigenvalue weighted by Gasteiger charge is 2.12. The Hall–Kier alpha value is 0.360. The van der Waals surface area contributed by atoms with Crippen LogP contribution in [0.3, 0.4) is 0 Å². The fraction of sp³-hybridized carbons (Fsp3) is 0.250. The van der Waals surface area contributed by atoms with Crippen LogP contribution >= 0.6 is 63.7 Å². The van der Waals surface area contributed by atoms with Crippen molar-refractivity contribution in [3.63, 3.8) is 0 Å². The second-order valence-corrected chi connectivity index (χ2v) is 7.83. The Morgan fingerprint density at radius 1 is 0.500 bits per heavy atom. The topological polar surface area (TPSA) is 0 Å². The Kier molecular flexibility index (Phi) is 7.47. The first-order valence-electron chi connectivity index (χ1n) is 6.08. The van der Waals surface area contributed by atoms with Crippen LogP contribution in [-0.2, 0) is 0 Å². The third-order valence-electron chi connectivity index (χ3n) is 2.92. The molecule has 0 bridgehead atoms. The average Bonchev–Trinajstić information content (AvgIpc) is 2.45. The van der Waals surface area contributed by atoms with Crippen molar-refractivity contribution < 1.29 is 0 Å². The Balaban J connectivity index is 0.000000217. The first kappa shape index (κ1) is 18.4. The van der Waals surface area contributed by atoms with E-state index in [0.717, 1.165) is 17.9 Å². The van der Waals surface area contributed by atoms with Crippen LogP contribution in [0, 0.1) is 27.7 Å². The van der Waals surface area contributed by atoms with Gasteiger partial charge < -0.3 is 0 Å². The maximum Gasteiger partial charge on any atom is 0.0361 e. The van der Waals surface area contributed by atoms with Gasteiger partial charge in [0.2, 0.25) is 0 Å². The average molecular weight is 528 g/mol. The quantitative estimate of drug-likeness (QED) is 0.309. The fourth-order valence-corrected chi connectivity index (χ4v) is 4.00. The summed E-state index contributed by atoms with van der Waals surface area (Å²) in [5.74, 6) is 0. The third-order valence-corrected chi connectivity index (χ3v) is 7.95. The summed E-state index contributed by atoms with van der Waals surface area (Å²) >= 11 is 14.1. The molecule has 2 aromatic rings. The summed E-state index contributed by atoms with van der Waals surface area (Å²) in [6.07, 6.45) is 0. The molecule has 4 heteroatoms. The van der Waals surface area contributed by atoms with Crippen molar-refractivity contribution in [1.82, 2.24) is 0 Å².